The molecular weight excluding hydrogens is 250 g/mol. The quantitative estimate of drug-likeness (QED) is 0.833. The van der Waals surface area contributed by atoms with Crippen LogP contribution < -0.4 is 4.84 Å². The molecule has 0 aliphatic rings. The van der Waals surface area contributed by atoms with Gasteiger partial charge in [-0.15, -0.1) is 0 Å². The molecule has 102 valence electrons. The third kappa shape index (κ3) is 3.01. The van der Waals surface area contributed by atoms with Crippen LogP contribution in [-0.2, 0) is 0 Å². The molecule has 0 bridgehead atoms. The number of nitrogens with zero attached hydrogens (tertiary/aromatic N) is 1. The van der Waals surface area contributed by atoms with Gasteiger partial charge in [0, 0.05) is 18.7 Å². The lowest BCUT2D eigenvalue weighted by Crippen LogP contribution is -2.20. The van der Waals surface area contributed by atoms with E-state index in [1.54, 1.807) is 42.5 Å². The molecule has 3 nitrogen and oxygen atoms in total. The molecule has 20 heavy (non-hydrogen) atoms. The molecule has 0 radical (unpaired) electrons. The Kier molecular flexibility index (Phi) is 4.11. The van der Waals surface area contributed by atoms with E-state index < -0.39 is 0 Å². The highest BCUT2D eigenvalue weighted by Crippen LogP contribution is 2.24. The number of hydrogen-bond acceptors (Lipinski definition) is 3. The van der Waals surface area contributed by atoms with E-state index in [1.807, 2.05) is 24.3 Å². The molecule has 0 saturated heterocycles. The second-order valence-corrected chi connectivity index (χ2v) is 4.32. The third-order valence-corrected chi connectivity index (χ3v) is 2.93. The van der Waals surface area contributed by atoms with Gasteiger partial charge in [0.25, 0.3) is 0 Å². The summed E-state index contributed by atoms with van der Waals surface area (Å²) in [6.07, 6.45) is 1.78. The summed E-state index contributed by atoms with van der Waals surface area (Å²) in [4.78, 5) is 5.65. The van der Waals surface area contributed by atoms with E-state index >= 15 is 0 Å². The van der Waals surface area contributed by atoms with Crippen LogP contribution >= 0.6 is 0 Å². The Balaban J connectivity index is 2.18. The SMILES string of the molecule is C=Cc1ccccc1C(=C)N(C)Oc1cccc(O)c1. The first-order valence-corrected chi connectivity index (χ1v) is 6.23. The number of rotatable bonds is 5. The van der Waals surface area contributed by atoms with Crippen molar-refractivity contribution in [2.24, 2.45) is 0 Å². The van der Waals surface area contributed by atoms with Crippen LogP contribution in [0.4, 0.5) is 0 Å². The highest BCUT2D eigenvalue weighted by Gasteiger charge is 2.10. The van der Waals surface area contributed by atoms with Crippen molar-refractivity contribution < 1.29 is 9.94 Å². The van der Waals surface area contributed by atoms with Crippen LogP contribution in [-0.4, -0.2) is 17.2 Å². The Morgan fingerprint density at radius 3 is 2.65 bits per heavy atom. The molecule has 0 fully saturated rings. The van der Waals surface area contributed by atoms with E-state index in [9.17, 15) is 5.11 Å². The third-order valence-electron chi connectivity index (χ3n) is 2.93. The molecule has 3 heteroatoms. The van der Waals surface area contributed by atoms with E-state index in [2.05, 4.69) is 13.2 Å². The molecule has 0 aliphatic carbocycles. The monoisotopic (exact) mass is 267 g/mol. The van der Waals surface area contributed by atoms with Crippen molar-refractivity contribution in [3.05, 3.63) is 72.8 Å². The lowest BCUT2D eigenvalue weighted by atomic mass is 10.1. The smallest absolute Gasteiger partial charge is 0.159 e. The summed E-state index contributed by atoms with van der Waals surface area (Å²) in [7, 11) is 1.77. The van der Waals surface area contributed by atoms with Gasteiger partial charge in [-0.1, -0.05) is 49.6 Å². The van der Waals surface area contributed by atoms with E-state index in [0.717, 1.165) is 11.1 Å². The number of phenols is 1. The summed E-state index contributed by atoms with van der Waals surface area (Å²) in [5.41, 5.74) is 2.65. The highest BCUT2D eigenvalue weighted by atomic mass is 16.7. The maximum absolute atomic E-state index is 9.43. The summed E-state index contributed by atoms with van der Waals surface area (Å²) in [6.45, 7) is 7.84. The van der Waals surface area contributed by atoms with E-state index in [1.165, 1.54) is 0 Å². The van der Waals surface area contributed by atoms with Crippen LogP contribution in [0.1, 0.15) is 11.1 Å². The molecule has 2 aromatic rings. The Labute approximate surface area is 119 Å². The number of aromatic hydroxyl groups is 1. The van der Waals surface area contributed by atoms with Gasteiger partial charge in [-0.3, -0.25) is 0 Å². The predicted molar refractivity (Wildman–Crippen MR) is 82.1 cm³/mol. The van der Waals surface area contributed by atoms with Crippen molar-refractivity contribution in [2.75, 3.05) is 7.05 Å². The standard InChI is InChI=1S/C17H17NO2/c1-4-14-8-5-6-11-17(14)13(2)18(3)20-16-10-7-9-15(19)12-16/h4-12,19H,1-2H2,3H3. The van der Waals surface area contributed by atoms with Gasteiger partial charge in [-0.25, -0.2) is 5.06 Å². The van der Waals surface area contributed by atoms with Crippen LogP contribution in [0.25, 0.3) is 11.8 Å². The molecule has 0 amide bonds. The Bertz CT molecular complexity index is 634. The fourth-order valence-corrected chi connectivity index (χ4v) is 1.86. The Hall–Kier alpha value is -2.68. The van der Waals surface area contributed by atoms with Crippen molar-refractivity contribution in [2.45, 2.75) is 0 Å². The zero-order valence-corrected chi connectivity index (χ0v) is 11.4. The molecule has 2 rings (SSSR count). The lowest BCUT2D eigenvalue weighted by molar-refractivity contribution is 0.0350. The first kappa shape index (κ1) is 13.7. The zero-order valence-electron chi connectivity index (χ0n) is 11.4. The van der Waals surface area contributed by atoms with Crippen molar-refractivity contribution in [1.29, 1.82) is 0 Å². The Morgan fingerprint density at radius 2 is 1.95 bits per heavy atom. The van der Waals surface area contributed by atoms with Gasteiger partial charge in [0.05, 0.1) is 5.70 Å². The minimum atomic E-state index is 0.160. The van der Waals surface area contributed by atoms with Crippen molar-refractivity contribution >= 4 is 11.8 Å². The number of benzene rings is 2. The van der Waals surface area contributed by atoms with Crippen LogP contribution in [0.2, 0.25) is 0 Å². The maximum Gasteiger partial charge on any atom is 0.159 e. The average Bonchev–Trinajstić information content (AvgIpc) is 2.46. The number of phenolic OH excluding ortho intramolecular Hbond substituents is 1. The maximum atomic E-state index is 9.43. The molecular formula is C17H17NO2. The molecule has 0 heterocycles. The highest BCUT2D eigenvalue weighted by molar-refractivity contribution is 5.71. The number of hydrogen-bond donors (Lipinski definition) is 1. The van der Waals surface area contributed by atoms with Crippen LogP contribution in [0.15, 0.2) is 61.7 Å². The normalized spacial score (nSPS) is 9.85. The van der Waals surface area contributed by atoms with Gasteiger partial charge in [0.1, 0.15) is 5.75 Å². The summed E-state index contributed by atoms with van der Waals surface area (Å²) in [5, 5.41) is 11.0. The molecule has 1 N–H and O–H groups in total. The average molecular weight is 267 g/mol. The van der Waals surface area contributed by atoms with Gasteiger partial charge in [0.15, 0.2) is 5.75 Å². The second kappa shape index (κ2) is 5.97. The topological polar surface area (TPSA) is 32.7 Å². The summed E-state index contributed by atoms with van der Waals surface area (Å²) < 4.78 is 0. The number of hydroxylamine groups is 2. The van der Waals surface area contributed by atoms with E-state index in [0.29, 0.717) is 11.4 Å². The Morgan fingerprint density at radius 1 is 1.20 bits per heavy atom. The van der Waals surface area contributed by atoms with E-state index in [4.69, 9.17) is 4.84 Å². The van der Waals surface area contributed by atoms with E-state index in [-0.39, 0.29) is 5.75 Å². The fourth-order valence-electron chi connectivity index (χ4n) is 1.86. The van der Waals surface area contributed by atoms with Gasteiger partial charge in [-0.2, -0.15) is 0 Å². The molecule has 0 aliphatic heterocycles. The molecule has 0 saturated carbocycles. The van der Waals surface area contributed by atoms with Gasteiger partial charge < -0.3 is 9.94 Å². The first-order chi connectivity index (χ1) is 9.61. The molecule has 0 spiro atoms. The molecule has 2 aromatic carbocycles. The summed E-state index contributed by atoms with van der Waals surface area (Å²) in [6, 6.07) is 14.4. The van der Waals surface area contributed by atoms with Crippen LogP contribution in [0.5, 0.6) is 11.5 Å². The lowest BCUT2D eigenvalue weighted by Gasteiger charge is -2.23. The fraction of sp³-hybridized carbons (Fsp3) is 0.0588. The zero-order chi connectivity index (χ0) is 14.5. The summed E-state index contributed by atoms with van der Waals surface area (Å²) >= 11 is 0. The van der Waals surface area contributed by atoms with Crippen molar-refractivity contribution in [3.63, 3.8) is 0 Å². The van der Waals surface area contributed by atoms with Gasteiger partial charge >= 0.3 is 0 Å². The van der Waals surface area contributed by atoms with Gasteiger partial charge in [0.2, 0.25) is 0 Å². The first-order valence-electron chi connectivity index (χ1n) is 6.23. The largest absolute Gasteiger partial charge is 0.508 e. The summed E-state index contributed by atoms with van der Waals surface area (Å²) in [5.74, 6) is 0.706. The van der Waals surface area contributed by atoms with Crippen molar-refractivity contribution in [1.82, 2.24) is 5.06 Å². The minimum Gasteiger partial charge on any atom is -0.508 e. The van der Waals surface area contributed by atoms with Gasteiger partial charge in [-0.05, 0) is 17.7 Å². The molecule has 0 unspecified atom stereocenters. The van der Waals surface area contributed by atoms with Crippen molar-refractivity contribution in [3.8, 4) is 11.5 Å². The van der Waals surface area contributed by atoms with Crippen LogP contribution in [0, 0.1) is 0 Å². The second-order valence-electron chi connectivity index (χ2n) is 4.32. The van der Waals surface area contributed by atoms with Crippen LogP contribution in [0.3, 0.4) is 0 Å². The minimum absolute atomic E-state index is 0.160. The predicted octanol–water partition coefficient (Wildman–Crippen LogP) is 3.93. The molecule has 0 atom stereocenters. The molecule has 0 aromatic heterocycles.